The van der Waals surface area contributed by atoms with Crippen molar-refractivity contribution in [2.45, 2.75) is 39.0 Å². The van der Waals surface area contributed by atoms with E-state index in [1.165, 1.54) is 19.3 Å². The maximum atomic E-state index is 4.44. The van der Waals surface area contributed by atoms with Crippen molar-refractivity contribution in [1.29, 1.82) is 0 Å². The third-order valence-electron chi connectivity index (χ3n) is 4.01. The molecule has 2 heterocycles. The summed E-state index contributed by atoms with van der Waals surface area (Å²) in [6.07, 6.45) is 5.56. The molecule has 0 saturated carbocycles. The lowest BCUT2D eigenvalue weighted by Gasteiger charge is -2.33. The number of piperidine rings is 1. The van der Waals surface area contributed by atoms with E-state index >= 15 is 0 Å². The van der Waals surface area contributed by atoms with Crippen LogP contribution in [0.25, 0.3) is 0 Å². The maximum Gasteiger partial charge on any atom is 0.132 e. The van der Waals surface area contributed by atoms with Gasteiger partial charge in [0.2, 0.25) is 0 Å². The molecule has 1 N–H and O–H groups in total. The molecular formula is C15H26N4. The molecule has 4 nitrogen and oxygen atoms in total. The van der Waals surface area contributed by atoms with E-state index < -0.39 is 0 Å². The summed E-state index contributed by atoms with van der Waals surface area (Å²) in [6, 6.07) is 2.15. The zero-order valence-corrected chi connectivity index (χ0v) is 12.4. The van der Waals surface area contributed by atoms with Crippen LogP contribution in [0, 0.1) is 5.92 Å². The van der Waals surface area contributed by atoms with Crippen molar-refractivity contribution in [3.8, 4) is 0 Å². The van der Waals surface area contributed by atoms with Crippen molar-refractivity contribution in [3.63, 3.8) is 0 Å². The predicted molar refractivity (Wildman–Crippen MR) is 79.6 cm³/mol. The Bertz CT molecular complexity index is 383. The van der Waals surface area contributed by atoms with Crippen LogP contribution in [0.3, 0.4) is 0 Å². The van der Waals surface area contributed by atoms with E-state index in [0.29, 0.717) is 5.92 Å². The predicted octanol–water partition coefficient (Wildman–Crippen LogP) is 2.43. The summed E-state index contributed by atoms with van der Waals surface area (Å²) in [5.74, 6) is 2.44. The monoisotopic (exact) mass is 262 g/mol. The quantitative estimate of drug-likeness (QED) is 0.885. The van der Waals surface area contributed by atoms with Crippen LogP contribution >= 0.6 is 0 Å². The molecule has 1 aromatic rings. The first-order valence-electron chi connectivity index (χ1n) is 7.42. The topological polar surface area (TPSA) is 41.0 Å². The minimum absolute atomic E-state index is 0.468. The Labute approximate surface area is 116 Å². The molecular weight excluding hydrogens is 236 g/mol. The van der Waals surface area contributed by atoms with Gasteiger partial charge in [-0.3, -0.25) is 0 Å². The number of rotatable bonds is 5. The van der Waals surface area contributed by atoms with E-state index in [-0.39, 0.29) is 0 Å². The van der Waals surface area contributed by atoms with Gasteiger partial charge in [-0.1, -0.05) is 13.8 Å². The van der Waals surface area contributed by atoms with Gasteiger partial charge in [0.1, 0.15) is 12.1 Å². The Hall–Kier alpha value is -1.16. The van der Waals surface area contributed by atoms with Gasteiger partial charge in [-0.15, -0.1) is 0 Å². The average Bonchev–Trinajstić information content (AvgIpc) is 2.46. The van der Waals surface area contributed by atoms with Crippen LogP contribution in [0.5, 0.6) is 0 Å². The van der Waals surface area contributed by atoms with Gasteiger partial charge in [-0.05, 0) is 44.7 Å². The third-order valence-corrected chi connectivity index (χ3v) is 4.01. The number of nitrogens with one attached hydrogen (secondary N) is 1. The lowest BCUT2D eigenvalue weighted by molar-refractivity contribution is 0.377. The van der Waals surface area contributed by atoms with Crippen LogP contribution in [0.2, 0.25) is 0 Å². The number of hydrogen-bond donors (Lipinski definition) is 1. The molecule has 0 atom stereocenters. The van der Waals surface area contributed by atoms with Gasteiger partial charge in [0.05, 0.1) is 0 Å². The Kier molecular flexibility index (Phi) is 5.14. The Balaban J connectivity index is 1.92. The lowest BCUT2D eigenvalue weighted by atomic mass is 9.93. The molecule has 4 heteroatoms. The summed E-state index contributed by atoms with van der Waals surface area (Å²) in [6.45, 7) is 7.74. The van der Waals surface area contributed by atoms with Crippen molar-refractivity contribution < 1.29 is 0 Å². The Morgan fingerprint density at radius 3 is 2.68 bits per heavy atom. The zero-order chi connectivity index (χ0) is 13.7. The fourth-order valence-electron chi connectivity index (χ4n) is 2.65. The SMILES string of the molecule is CNCCC1CCN(c2cc(C(C)C)ncn2)CC1. The maximum absolute atomic E-state index is 4.44. The molecule has 106 valence electrons. The zero-order valence-electron chi connectivity index (χ0n) is 12.4. The van der Waals surface area contributed by atoms with Crippen LogP contribution in [-0.2, 0) is 0 Å². The van der Waals surface area contributed by atoms with E-state index in [0.717, 1.165) is 37.1 Å². The summed E-state index contributed by atoms with van der Waals surface area (Å²) in [5, 5.41) is 3.24. The van der Waals surface area contributed by atoms with Gasteiger partial charge in [0, 0.05) is 24.8 Å². The van der Waals surface area contributed by atoms with Crippen molar-refractivity contribution >= 4 is 5.82 Å². The van der Waals surface area contributed by atoms with Gasteiger partial charge in [-0.25, -0.2) is 9.97 Å². The van der Waals surface area contributed by atoms with E-state index in [4.69, 9.17) is 0 Å². The smallest absolute Gasteiger partial charge is 0.132 e. The normalized spacial score (nSPS) is 17.2. The highest BCUT2D eigenvalue weighted by Crippen LogP contribution is 2.24. The highest BCUT2D eigenvalue weighted by atomic mass is 15.2. The fourth-order valence-corrected chi connectivity index (χ4v) is 2.65. The molecule has 0 unspecified atom stereocenters. The number of anilines is 1. The summed E-state index contributed by atoms with van der Waals surface area (Å²) in [4.78, 5) is 11.2. The highest BCUT2D eigenvalue weighted by Gasteiger charge is 2.20. The second kappa shape index (κ2) is 6.85. The summed E-state index contributed by atoms with van der Waals surface area (Å²) < 4.78 is 0. The molecule has 1 aliphatic rings. The molecule has 0 amide bonds. The third kappa shape index (κ3) is 3.90. The first-order valence-corrected chi connectivity index (χ1v) is 7.42. The fraction of sp³-hybridized carbons (Fsp3) is 0.733. The lowest BCUT2D eigenvalue weighted by Crippen LogP contribution is -2.35. The van der Waals surface area contributed by atoms with Gasteiger partial charge in [0.25, 0.3) is 0 Å². The second-order valence-electron chi connectivity index (χ2n) is 5.78. The van der Waals surface area contributed by atoms with Gasteiger partial charge < -0.3 is 10.2 Å². The molecule has 1 saturated heterocycles. The van der Waals surface area contributed by atoms with E-state index in [2.05, 4.69) is 40.1 Å². The Morgan fingerprint density at radius 2 is 2.05 bits per heavy atom. The van der Waals surface area contributed by atoms with Crippen LogP contribution in [0.15, 0.2) is 12.4 Å². The van der Waals surface area contributed by atoms with E-state index in [1.807, 2.05) is 7.05 Å². The molecule has 1 aliphatic heterocycles. The first kappa shape index (κ1) is 14.3. The minimum atomic E-state index is 0.468. The minimum Gasteiger partial charge on any atom is -0.356 e. The van der Waals surface area contributed by atoms with Crippen LogP contribution in [-0.4, -0.2) is 36.6 Å². The number of nitrogens with zero attached hydrogens (tertiary/aromatic N) is 3. The highest BCUT2D eigenvalue weighted by molar-refractivity contribution is 5.39. The number of aromatic nitrogens is 2. The molecule has 0 aliphatic carbocycles. The molecule has 2 rings (SSSR count). The first-order chi connectivity index (χ1) is 9.20. The van der Waals surface area contributed by atoms with Crippen molar-refractivity contribution in [3.05, 3.63) is 18.1 Å². The van der Waals surface area contributed by atoms with Crippen molar-refractivity contribution in [2.75, 3.05) is 31.6 Å². The number of hydrogen-bond acceptors (Lipinski definition) is 4. The molecule has 1 aromatic heterocycles. The van der Waals surface area contributed by atoms with Gasteiger partial charge >= 0.3 is 0 Å². The molecule has 19 heavy (non-hydrogen) atoms. The average molecular weight is 262 g/mol. The second-order valence-corrected chi connectivity index (χ2v) is 5.78. The summed E-state index contributed by atoms with van der Waals surface area (Å²) in [5.41, 5.74) is 1.14. The van der Waals surface area contributed by atoms with Crippen molar-refractivity contribution in [2.24, 2.45) is 5.92 Å². The van der Waals surface area contributed by atoms with E-state index in [9.17, 15) is 0 Å². The van der Waals surface area contributed by atoms with E-state index in [1.54, 1.807) is 6.33 Å². The summed E-state index contributed by atoms with van der Waals surface area (Å²) in [7, 11) is 2.03. The molecule has 0 spiro atoms. The van der Waals surface area contributed by atoms with Gasteiger partial charge in [0.15, 0.2) is 0 Å². The molecule has 0 aromatic carbocycles. The van der Waals surface area contributed by atoms with Crippen LogP contribution < -0.4 is 10.2 Å². The Morgan fingerprint density at radius 1 is 1.32 bits per heavy atom. The summed E-state index contributed by atoms with van der Waals surface area (Å²) >= 11 is 0. The van der Waals surface area contributed by atoms with Crippen LogP contribution in [0.1, 0.15) is 44.7 Å². The van der Waals surface area contributed by atoms with Crippen LogP contribution in [0.4, 0.5) is 5.82 Å². The van der Waals surface area contributed by atoms with Gasteiger partial charge in [-0.2, -0.15) is 0 Å². The molecule has 0 bridgehead atoms. The largest absolute Gasteiger partial charge is 0.356 e. The standard InChI is InChI=1S/C15H26N4/c1-12(2)14-10-15(18-11-17-14)19-8-5-13(6-9-19)4-7-16-3/h10-13,16H,4-9H2,1-3H3. The van der Waals surface area contributed by atoms with Crippen molar-refractivity contribution in [1.82, 2.24) is 15.3 Å². The molecule has 0 radical (unpaired) electrons. The molecule has 1 fully saturated rings.